The zero-order valence-corrected chi connectivity index (χ0v) is 9.87. The molecule has 1 amide bonds. The highest BCUT2D eigenvalue weighted by Crippen LogP contribution is 2.30. The zero-order chi connectivity index (χ0) is 11.4. The highest BCUT2D eigenvalue weighted by molar-refractivity contribution is 5.79. The van der Waals surface area contributed by atoms with Gasteiger partial charge in [-0.3, -0.25) is 4.79 Å². The minimum Gasteiger partial charge on any atom is -0.354 e. The van der Waals surface area contributed by atoms with Crippen molar-refractivity contribution in [1.29, 1.82) is 0 Å². The largest absolute Gasteiger partial charge is 0.354 e. The fourth-order valence-corrected chi connectivity index (χ4v) is 2.95. The van der Waals surface area contributed by atoms with Gasteiger partial charge in [0.15, 0.2) is 0 Å². The van der Waals surface area contributed by atoms with E-state index >= 15 is 0 Å². The highest BCUT2D eigenvalue weighted by atomic mass is 16.1. The summed E-state index contributed by atoms with van der Waals surface area (Å²) >= 11 is 0. The molecule has 1 saturated carbocycles. The van der Waals surface area contributed by atoms with E-state index in [4.69, 9.17) is 5.73 Å². The third kappa shape index (κ3) is 2.74. The monoisotopic (exact) mass is 225 g/mol. The lowest BCUT2D eigenvalue weighted by molar-refractivity contribution is -0.126. The molecule has 2 aliphatic rings. The highest BCUT2D eigenvalue weighted by Gasteiger charge is 2.32. The summed E-state index contributed by atoms with van der Waals surface area (Å²) < 4.78 is 0. The van der Waals surface area contributed by atoms with Crippen LogP contribution in [0.3, 0.4) is 0 Å². The average Bonchev–Trinajstić information content (AvgIpc) is 2.96. The Morgan fingerprint density at radius 2 is 2.19 bits per heavy atom. The van der Waals surface area contributed by atoms with Gasteiger partial charge >= 0.3 is 0 Å². The predicted octanol–water partition coefficient (Wildman–Crippen LogP) is 0.230. The molecule has 3 atom stereocenters. The van der Waals surface area contributed by atoms with Gasteiger partial charge in [0, 0.05) is 18.5 Å². The van der Waals surface area contributed by atoms with Gasteiger partial charge in [0.2, 0.25) is 5.91 Å². The molecule has 0 aromatic carbocycles. The van der Waals surface area contributed by atoms with Gasteiger partial charge in [0.25, 0.3) is 0 Å². The number of hydrogen-bond donors (Lipinski definition) is 3. The van der Waals surface area contributed by atoms with Crippen molar-refractivity contribution in [2.75, 3.05) is 19.6 Å². The molecule has 2 fully saturated rings. The Balaban J connectivity index is 1.74. The molecule has 1 saturated heterocycles. The SMILES string of the molecule is NC[C@H]1CCC[C@H]1C(=O)NCC1CCCN1. The minimum atomic E-state index is 0.173. The first-order valence-corrected chi connectivity index (χ1v) is 6.52. The van der Waals surface area contributed by atoms with Crippen molar-refractivity contribution < 1.29 is 4.79 Å². The molecule has 1 unspecified atom stereocenters. The van der Waals surface area contributed by atoms with Crippen LogP contribution < -0.4 is 16.4 Å². The first-order valence-electron chi connectivity index (χ1n) is 6.52. The van der Waals surface area contributed by atoms with Gasteiger partial charge < -0.3 is 16.4 Å². The van der Waals surface area contributed by atoms with Crippen LogP contribution in [0.5, 0.6) is 0 Å². The number of carbonyl (C=O) groups excluding carboxylic acids is 1. The summed E-state index contributed by atoms with van der Waals surface area (Å²) in [5, 5.41) is 6.46. The normalized spacial score (nSPS) is 34.2. The van der Waals surface area contributed by atoms with Crippen LogP contribution in [0.15, 0.2) is 0 Å². The second-order valence-corrected chi connectivity index (χ2v) is 5.07. The molecule has 0 spiro atoms. The fraction of sp³-hybridized carbons (Fsp3) is 0.917. The second kappa shape index (κ2) is 5.64. The topological polar surface area (TPSA) is 67.2 Å². The van der Waals surface area contributed by atoms with E-state index in [1.165, 1.54) is 12.8 Å². The van der Waals surface area contributed by atoms with E-state index < -0.39 is 0 Å². The zero-order valence-electron chi connectivity index (χ0n) is 9.87. The van der Waals surface area contributed by atoms with Crippen molar-refractivity contribution in [3.63, 3.8) is 0 Å². The molecule has 4 N–H and O–H groups in total. The third-order valence-corrected chi connectivity index (χ3v) is 3.98. The second-order valence-electron chi connectivity index (χ2n) is 5.07. The van der Waals surface area contributed by atoms with Crippen LogP contribution in [0, 0.1) is 11.8 Å². The molecule has 0 radical (unpaired) electrons. The summed E-state index contributed by atoms with van der Waals surface area (Å²) in [6.45, 7) is 2.53. The van der Waals surface area contributed by atoms with Crippen LogP contribution in [-0.4, -0.2) is 31.6 Å². The summed E-state index contributed by atoms with van der Waals surface area (Å²) in [5.74, 6) is 0.810. The summed E-state index contributed by atoms with van der Waals surface area (Å²) in [6.07, 6.45) is 5.71. The summed E-state index contributed by atoms with van der Waals surface area (Å²) in [7, 11) is 0. The standard InChI is InChI=1S/C12H23N3O/c13-7-9-3-1-5-11(9)12(16)15-8-10-4-2-6-14-10/h9-11,14H,1-8,13H2,(H,15,16)/t9-,10?,11-/m1/s1. The Morgan fingerprint density at radius 1 is 1.31 bits per heavy atom. The number of rotatable bonds is 4. The summed E-state index contributed by atoms with van der Waals surface area (Å²) in [6, 6.07) is 0.488. The van der Waals surface area contributed by atoms with Gasteiger partial charge in [-0.05, 0) is 44.7 Å². The van der Waals surface area contributed by atoms with Crippen molar-refractivity contribution in [3.05, 3.63) is 0 Å². The lowest BCUT2D eigenvalue weighted by Gasteiger charge is -2.19. The number of carbonyl (C=O) groups is 1. The maximum absolute atomic E-state index is 12.0. The summed E-state index contributed by atoms with van der Waals surface area (Å²) in [4.78, 5) is 12.0. The van der Waals surface area contributed by atoms with E-state index in [0.717, 1.165) is 32.4 Å². The van der Waals surface area contributed by atoms with Gasteiger partial charge in [0.05, 0.1) is 0 Å². The Bertz CT molecular complexity index is 238. The van der Waals surface area contributed by atoms with Crippen LogP contribution in [0.4, 0.5) is 0 Å². The van der Waals surface area contributed by atoms with Crippen LogP contribution in [0.25, 0.3) is 0 Å². The molecule has 92 valence electrons. The van der Waals surface area contributed by atoms with E-state index in [1.54, 1.807) is 0 Å². The van der Waals surface area contributed by atoms with E-state index in [0.29, 0.717) is 18.5 Å². The first kappa shape index (κ1) is 11.9. The molecule has 1 aliphatic heterocycles. The van der Waals surface area contributed by atoms with Gasteiger partial charge in [0.1, 0.15) is 0 Å². The van der Waals surface area contributed by atoms with E-state index in [1.807, 2.05) is 0 Å². The quantitative estimate of drug-likeness (QED) is 0.641. The Labute approximate surface area is 97.3 Å². The van der Waals surface area contributed by atoms with E-state index in [-0.39, 0.29) is 11.8 Å². The minimum absolute atomic E-state index is 0.173. The van der Waals surface area contributed by atoms with Gasteiger partial charge in [-0.15, -0.1) is 0 Å². The maximum atomic E-state index is 12.0. The molecule has 1 heterocycles. The van der Waals surface area contributed by atoms with E-state index in [9.17, 15) is 4.79 Å². The third-order valence-electron chi connectivity index (χ3n) is 3.98. The van der Waals surface area contributed by atoms with Gasteiger partial charge in [-0.25, -0.2) is 0 Å². The van der Waals surface area contributed by atoms with Crippen molar-refractivity contribution in [3.8, 4) is 0 Å². The number of amides is 1. The van der Waals surface area contributed by atoms with Crippen LogP contribution in [0.2, 0.25) is 0 Å². The maximum Gasteiger partial charge on any atom is 0.223 e. The molecule has 0 aromatic rings. The fourth-order valence-electron chi connectivity index (χ4n) is 2.95. The molecule has 1 aliphatic carbocycles. The summed E-state index contributed by atoms with van der Waals surface area (Å²) in [5.41, 5.74) is 5.69. The van der Waals surface area contributed by atoms with Gasteiger partial charge in [-0.2, -0.15) is 0 Å². The first-order chi connectivity index (χ1) is 7.81. The predicted molar refractivity (Wildman–Crippen MR) is 63.9 cm³/mol. The van der Waals surface area contributed by atoms with Crippen molar-refractivity contribution in [2.45, 2.75) is 38.1 Å². The van der Waals surface area contributed by atoms with Crippen molar-refractivity contribution in [2.24, 2.45) is 17.6 Å². The van der Waals surface area contributed by atoms with Crippen molar-refractivity contribution in [1.82, 2.24) is 10.6 Å². The molecule has 4 heteroatoms. The lowest BCUT2D eigenvalue weighted by Crippen LogP contribution is -2.41. The molecular formula is C12H23N3O. The lowest BCUT2D eigenvalue weighted by atomic mass is 9.95. The van der Waals surface area contributed by atoms with Crippen LogP contribution in [0.1, 0.15) is 32.1 Å². The Kier molecular flexibility index (Phi) is 4.18. The Morgan fingerprint density at radius 3 is 2.88 bits per heavy atom. The number of nitrogens with two attached hydrogens (primary N) is 1. The smallest absolute Gasteiger partial charge is 0.223 e. The molecule has 0 aromatic heterocycles. The molecule has 16 heavy (non-hydrogen) atoms. The Hall–Kier alpha value is -0.610. The van der Waals surface area contributed by atoms with Crippen LogP contribution in [-0.2, 0) is 4.79 Å². The number of nitrogens with one attached hydrogen (secondary N) is 2. The number of hydrogen-bond acceptors (Lipinski definition) is 3. The molecule has 0 bridgehead atoms. The molecule has 4 nitrogen and oxygen atoms in total. The molecule has 2 rings (SSSR count). The molecular weight excluding hydrogens is 202 g/mol. The van der Waals surface area contributed by atoms with E-state index in [2.05, 4.69) is 10.6 Å². The average molecular weight is 225 g/mol. The van der Waals surface area contributed by atoms with Gasteiger partial charge in [-0.1, -0.05) is 6.42 Å². The van der Waals surface area contributed by atoms with Crippen molar-refractivity contribution >= 4 is 5.91 Å². The van der Waals surface area contributed by atoms with Crippen LogP contribution >= 0.6 is 0 Å².